The van der Waals surface area contributed by atoms with Crippen molar-refractivity contribution in [2.75, 3.05) is 13.2 Å². The van der Waals surface area contributed by atoms with E-state index in [1.807, 2.05) is 6.08 Å². The molecule has 0 amide bonds. The lowest BCUT2D eigenvalue weighted by atomic mass is 9.78. The fourth-order valence-electron chi connectivity index (χ4n) is 1.53. The van der Waals surface area contributed by atoms with Gasteiger partial charge in [-0.2, -0.15) is 0 Å². The van der Waals surface area contributed by atoms with E-state index < -0.39 is 0 Å². The second kappa shape index (κ2) is 5.15. The van der Waals surface area contributed by atoms with Crippen molar-refractivity contribution in [3.8, 4) is 0 Å². The first kappa shape index (κ1) is 11.2. The SMILES string of the molecule is CCOC(=O)/C=C/CNC1(C)CCC1. The summed E-state index contributed by atoms with van der Waals surface area (Å²) in [5.74, 6) is -0.256. The minimum atomic E-state index is -0.256. The molecular weight excluding hydrogens is 178 g/mol. The molecule has 1 N–H and O–H groups in total. The van der Waals surface area contributed by atoms with Gasteiger partial charge >= 0.3 is 5.97 Å². The molecule has 0 aliphatic heterocycles. The van der Waals surface area contributed by atoms with Crippen molar-refractivity contribution in [3.05, 3.63) is 12.2 Å². The first-order valence-corrected chi connectivity index (χ1v) is 5.24. The largest absolute Gasteiger partial charge is 0.463 e. The van der Waals surface area contributed by atoms with Crippen LogP contribution in [-0.2, 0) is 9.53 Å². The molecule has 1 saturated carbocycles. The highest BCUT2D eigenvalue weighted by Gasteiger charge is 2.30. The lowest BCUT2D eigenvalue weighted by Crippen LogP contribution is -2.48. The molecule has 0 radical (unpaired) electrons. The van der Waals surface area contributed by atoms with E-state index in [0.717, 1.165) is 6.54 Å². The Balaban J connectivity index is 2.11. The van der Waals surface area contributed by atoms with Crippen LogP contribution in [0.4, 0.5) is 0 Å². The molecule has 0 aromatic rings. The zero-order chi connectivity index (χ0) is 10.4. The number of esters is 1. The van der Waals surface area contributed by atoms with Gasteiger partial charge in [0.15, 0.2) is 0 Å². The summed E-state index contributed by atoms with van der Waals surface area (Å²) < 4.78 is 4.76. The van der Waals surface area contributed by atoms with Crippen molar-refractivity contribution in [3.63, 3.8) is 0 Å². The van der Waals surface area contributed by atoms with Gasteiger partial charge in [0.25, 0.3) is 0 Å². The molecule has 3 nitrogen and oxygen atoms in total. The molecule has 0 aromatic heterocycles. The van der Waals surface area contributed by atoms with Crippen molar-refractivity contribution in [2.24, 2.45) is 0 Å². The van der Waals surface area contributed by atoms with Gasteiger partial charge in [-0.25, -0.2) is 4.79 Å². The van der Waals surface area contributed by atoms with E-state index in [1.54, 1.807) is 6.92 Å². The maximum absolute atomic E-state index is 10.9. The molecule has 80 valence electrons. The highest BCUT2D eigenvalue weighted by molar-refractivity contribution is 5.81. The van der Waals surface area contributed by atoms with Crippen molar-refractivity contribution < 1.29 is 9.53 Å². The van der Waals surface area contributed by atoms with Gasteiger partial charge in [-0.3, -0.25) is 0 Å². The number of carbonyl (C=O) groups excluding carboxylic acids is 1. The molecule has 1 aliphatic carbocycles. The third kappa shape index (κ3) is 3.50. The number of nitrogens with one attached hydrogen (secondary N) is 1. The van der Waals surface area contributed by atoms with E-state index in [4.69, 9.17) is 4.74 Å². The molecule has 14 heavy (non-hydrogen) atoms. The van der Waals surface area contributed by atoms with Crippen molar-refractivity contribution in [2.45, 2.75) is 38.6 Å². The second-order valence-corrected chi connectivity index (χ2v) is 3.95. The van der Waals surface area contributed by atoms with Crippen LogP contribution >= 0.6 is 0 Å². The third-order valence-electron chi connectivity index (χ3n) is 2.64. The fourth-order valence-corrected chi connectivity index (χ4v) is 1.53. The lowest BCUT2D eigenvalue weighted by molar-refractivity contribution is -0.137. The standard InChI is InChI=1S/C11H19NO2/c1-3-14-10(13)6-4-9-12-11(2)7-5-8-11/h4,6,12H,3,5,7-9H2,1-2H3/b6-4+. The molecule has 0 atom stereocenters. The number of ether oxygens (including phenoxy) is 1. The molecule has 1 aliphatic rings. The van der Waals surface area contributed by atoms with E-state index >= 15 is 0 Å². The van der Waals surface area contributed by atoms with E-state index in [2.05, 4.69) is 12.2 Å². The van der Waals surface area contributed by atoms with Crippen LogP contribution in [-0.4, -0.2) is 24.7 Å². The Morgan fingerprint density at radius 2 is 2.29 bits per heavy atom. The summed E-state index contributed by atoms with van der Waals surface area (Å²) in [6.45, 7) is 5.21. The van der Waals surface area contributed by atoms with Gasteiger partial charge in [-0.05, 0) is 33.1 Å². The summed E-state index contributed by atoms with van der Waals surface area (Å²) in [6, 6.07) is 0. The summed E-state index contributed by atoms with van der Waals surface area (Å²) in [5, 5.41) is 3.40. The van der Waals surface area contributed by atoms with Crippen molar-refractivity contribution >= 4 is 5.97 Å². The Bertz CT molecular complexity index is 219. The maximum atomic E-state index is 10.9. The number of carbonyl (C=O) groups is 1. The Morgan fingerprint density at radius 3 is 2.79 bits per heavy atom. The van der Waals surface area contributed by atoms with Gasteiger partial charge in [0.1, 0.15) is 0 Å². The van der Waals surface area contributed by atoms with Crippen molar-refractivity contribution in [1.29, 1.82) is 0 Å². The van der Waals surface area contributed by atoms with Crippen LogP contribution in [0.25, 0.3) is 0 Å². The lowest BCUT2D eigenvalue weighted by Gasteiger charge is -2.39. The monoisotopic (exact) mass is 197 g/mol. The average molecular weight is 197 g/mol. The fraction of sp³-hybridized carbons (Fsp3) is 0.727. The molecule has 3 heteroatoms. The van der Waals surface area contributed by atoms with Gasteiger partial charge in [0.2, 0.25) is 0 Å². The maximum Gasteiger partial charge on any atom is 0.330 e. The van der Waals surface area contributed by atoms with E-state index in [0.29, 0.717) is 12.1 Å². The number of hydrogen-bond donors (Lipinski definition) is 1. The van der Waals surface area contributed by atoms with E-state index in [-0.39, 0.29) is 5.97 Å². The summed E-state index contributed by atoms with van der Waals surface area (Å²) in [4.78, 5) is 10.9. The molecule has 0 bridgehead atoms. The second-order valence-electron chi connectivity index (χ2n) is 3.95. The zero-order valence-corrected chi connectivity index (χ0v) is 9.01. The highest BCUT2D eigenvalue weighted by atomic mass is 16.5. The Hall–Kier alpha value is -0.830. The number of rotatable bonds is 5. The molecule has 1 rings (SSSR count). The summed E-state index contributed by atoms with van der Waals surface area (Å²) in [6.07, 6.45) is 7.09. The van der Waals surface area contributed by atoms with Crippen LogP contribution in [0.3, 0.4) is 0 Å². The topological polar surface area (TPSA) is 38.3 Å². The van der Waals surface area contributed by atoms with Crippen LogP contribution in [0.1, 0.15) is 33.1 Å². The third-order valence-corrected chi connectivity index (χ3v) is 2.64. The Morgan fingerprint density at radius 1 is 1.57 bits per heavy atom. The first-order valence-electron chi connectivity index (χ1n) is 5.24. The van der Waals surface area contributed by atoms with Crippen LogP contribution in [0.15, 0.2) is 12.2 Å². The molecule has 0 aromatic carbocycles. The van der Waals surface area contributed by atoms with Gasteiger partial charge in [-0.1, -0.05) is 6.08 Å². The quantitative estimate of drug-likeness (QED) is 0.538. The molecule has 1 fully saturated rings. The molecular formula is C11H19NO2. The minimum Gasteiger partial charge on any atom is -0.463 e. The van der Waals surface area contributed by atoms with E-state index in [1.165, 1.54) is 25.3 Å². The molecule has 0 saturated heterocycles. The summed E-state index contributed by atoms with van der Waals surface area (Å²) in [7, 11) is 0. The van der Waals surface area contributed by atoms with Gasteiger partial charge in [-0.15, -0.1) is 0 Å². The van der Waals surface area contributed by atoms with Gasteiger partial charge in [0, 0.05) is 18.2 Å². The van der Waals surface area contributed by atoms with Crippen LogP contribution in [0.5, 0.6) is 0 Å². The minimum absolute atomic E-state index is 0.256. The van der Waals surface area contributed by atoms with Gasteiger partial charge in [0.05, 0.1) is 6.61 Å². The Labute approximate surface area is 85.5 Å². The Kier molecular flexibility index (Phi) is 4.14. The molecule has 0 unspecified atom stereocenters. The normalized spacial score (nSPS) is 19.3. The van der Waals surface area contributed by atoms with Crippen LogP contribution < -0.4 is 5.32 Å². The zero-order valence-electron chi connectivity index (χ0n) is 9.01. The average Bonchev–Trinajstić information content (AvgIpc) is 2.10. The predicted octanol–water partition coefficient (Wildman–Crippen LogP) is 1.64. The molecule has 0 spiro atoms. The van der Waals surface area contributed by atoms with Crippen molar-refractivity contribution in [1.82, 2.24) is 5.32 Å². The van der Waals surface area contributed by atoms with E-state index in [9.17, 15) is 4.79 Å². The predicted molar refractivity (Wildman–Crippen MR) is 56.0 cm³/mol. The van der Waals surface area contributed by atoms with Crippen LogP contribution in [0, 0.1) is 0 Å². The van der Waals surface area contributed by atoms with Crippen LogP contribution in [0.2, 0.25) is 0 Å². The highest BCUT2D eigenvalue weighted by Crippen LogP contribution is 2.30. The first-order chi connectivity index (χ1) is 6.66. The smallest absolute Gasteiger partial charge is 0.330 e. The summed E-state index contributed by atoms with van der Waals surface area (Å²) in [5.41, 5.74) is 0.305. The number of hydrogen-bond acceptors (Lipinski definition) is 3. The van der Waals surface area contributed by atoms with Gasteiger partial charge < -0.3 is 10.1 Å². The molecule has 0 heterocycles. The summed E-state index contributed by atoms with van der Waals surface area (Å²) >= 11 is 0.